The molecule has 0 bridgehead atoms. The van der Waals surface area contributed by atoms with Gasteiger partial charge in [-0.05, 0) is 36.6 Å². The molecule has 4 rings (SSSR count). The van der Waals surface area contributed by atoms with Gasteiger partial charge >= 0.3 is 0 Å². The molecule has 0 unspecified atom stereocenters. The van der Waals surface area contributed by atoms with Crippen molar-refractivity contribution in [2.45, 2.75) is 38.6 Å². The standard InChI is InChI=1S/C20H20FN3/c1-3-20(4-2)11-16-15(7-5-8-17(16)21)19(23-20)14-12-22-18-9-6-10-24(18)13-14/h5-10,12-13H,3-4,11H2,1-2H3. The van der Waals surface area contributed by atoms with Crippen molar-refractivity contribution < 1.29 is 4.39 Å². The zero-order valence-electron chi connectivity index (χ0n) is 14.0. The Morgan fingerprint density at radius 3 is 2.79 bits per heavy atom. The lowest BCUT2D eigenvalue weighted by Gasteiger charge is -2.34. The molecule has 0 amide bonds. The fourth-order valence-electron chi connectivity index (χ4n) is 3.55. The Labute approximate surface area is 140 Å². The van der Waals surface area contributed by atoms with E-state index in [1.165, 1.54) is 0 Å². The first kappa shape index (κ1) is 15.1. The number of fused-ring (bicyclic) bond motifs is 2. The van der Waals surface area contributed by atoms with Crippen LogP contribution in [0.4, 0.5) is 4.39 Å². The first-order valence-corrected chi connectivity index (χ1v) is 8.46. The van der Waals surface area contributed by atoms with Gasteiger partial charge in [0.1, 0.15) is 11.5 Å². The maximum absolute atomic E-state index is 14.5. The minimum Gasteiger partial charge on any atom is -0.308 e. The summed E-state index contributed by atoms with van der Waals surface area (Å²) in [6.07, 6.45) is 8.26. The molecule has 0 radical (unpaired) electrons. The summed E-state index contributed by atoms with van der Waals surface area (Å²) in [5.74, 6) is -0.138. The van der Waals surface area contributed by atoms with Crippen molar-refractivity contribution in [1.82, 2.24) is 9.38 Å². The SMILES string of the molecule is CCC1(CC)Cc2c(F)cccc2C(c2cnc3cccn3c2)=N1. The third-order valence-corrected chi connectivity index (χ3v) is 5.19. The van der Waals surface area contributed by atoms with Crippen LogP contribution >= 0.6 is 0 Å². The summed E-state index contributed by atoms with van der Waals surface area (Å²) in [5.41, 5.74) is 4.10. The Morgan fingerprint density at radius 1 is 1.17 bits per heavy atom. The van der Waals surface area contributed by atoms with Crippen molar-refractivity contribution in [3.05, 3.63) is 71.4 Å². The van der Waals surface area contributed by atoms with Gasteiger partial charge in [0.05, 0.1) is 11.3 Å². The Bertz CT molecular complexity index is 935. The summed E-state index contributed by atoms with van der Waals surface area (Å²) in [5, 5.41) is 0. The van der Waals surface area contributed by atoms with Crippen molar-refractivity contribution in [2.75, 3.05) is 0 Å². The van der Waals surface area contributed by atoms with Crippen LogP contribution in [0.15, 0.2) is 53.9 Å². The van der Waals surface area contributed by atoms with E-state index >= 15 is 0 Å². The highest BCUT2D eigenvalue weighted by Gasteiger charge is 2.34. The molecule has 3 nitrogen and oxygen atoms in total. The normalized spacial score (nSPS) is 16.0. The summed E-state index contributed by atoms with van der Waals surface area (Å²) in [4.78, 5) is 9.59. The third kappa shape index (κ3) is 2.25. The van der Waals surface area contributed by atoms with Gasteiger partial charge in [-0.3, -0.25) is 4.99 Å². The van der Waals surface area contributed by atoms with E-state index in [1.807, 2.05) is 41.2 Å². The third-order valence-electron chi connectivity index (χ3n) is 5.19. The molecule has 0 aliphatic carbocycles. The number of aliphatic imine (C=N–C) groups is 1. The van der Waals surface area contributed by atoms with E-state index < -0.39 is 0 Å². The Morgan fingerprint density at radius 2 is 2.00 bits per heavy atom. The van der Waals surface area contributed by atoms with Crippen LogP contribution < -0.4 is 0 Å². The summed E-state index contributed by atoms with van der Waals surface area (Å²) < 4.78 is 16.5. The Hall–Kier alpha value is -2.49. The van der Waals surface area contributed by atoms with Gasteiger partial charge in [0.25, 0.3) is 0 Å². The lowest BCUT2D eigenvalue weighted by Crippen LogP contribution is -2.35. The molecule has 122 valence electrons. The molecule has 0 N–H and O–H groups in total. The van der Waals surface area contributed by atoms with E-state index in [0.29, 0.717) is 6.42 Å². The number of halogens is 1. The predicted octanol–water partition coefficient (Wildman–Crippen LogP) is 4.43. The molecular weight excluding hydrogens is 301 g/mol. The maximum Gasteiger partial charge on any atom is 0.136 e. The first-order chi connectivity index (χ1) is 11.7. The summed E-state index contributed by atoms with van der Waals surface area (Å²) in [7, 11) is 0. The van der Waals surface area contributed by atoms with Crippen LogP contribution in [-0.4, -0.2) is 20.6 Å². The zero-order valence-corrected chi connectivity index (χ0v) is 14.0. The number of hydrogen-bond donors (Lipinski definition) is 0. The summed E-state index contributed by atoms with van der Waals surface area (Å²) >= 11 is 0. The number of aromatic nitrogens is 2. The average Bonchev–Trinajstić information content (AvgIpc) is 3.09. The highest BCUT2D eigenvalue weighted by atomic mass is 19.1. The molecule has 24 heavy (non-hydrogen) atoms. The van der Waals surface area contributed by atoms with Crippen molar-refractivity contribution in [2.24, 2.45) is 4.99 Å². The smallest absolute Gasteiger partial charge is 0.136 e. The minimum atomic E-state index is -0.240. The number of nitrogens with zero attached hydrogens (tertiary/aromatic N) is 3. The molecule has 0 saturated heterocycles. The highest BCUT2D eigenvalue weighted by Crippen LogP contribution is 2.35. The Balaban J connectivity index is 1.96. The molecule has 4 heteroatoms. The molecule has 1 aliphatic heterocycles. The number of benzene rings is 1. The molecule has 0 fully saturated rings. The lowest BCUT2D eigenvalue weighted by atomic mass is 9.80. The van der Waals surface area contributed by atoms with Crippen molar-refractivity contribution in [3.8, 4) is 0 Å². The van der Waals surface area contributed by atoms with Gasteiger partial charge in [-0.15, -0.1) is 0 Å². The summed E-state index contributed by atoms with van der Waals surface area (Å²) in [6, 6.07) is 9.20. The molecule has 1 aromatic carbocycles. The molecule has 1 aliphatic rings. The molecule has 0 saturated carbocycles. The molecular formula is C20H20FN3. The largest absolute Gasteiger partial charge is 0.308 e. The van der Waals surface area contributed by atoms with Crippen LogP contribution in [0, 0.1) is 5.82 Å². The van der Waals surface area contributed by atoms with Crippen LogP contribution in [0.5, 0.6) is 0 Å². The molecule has 3 heterocycles. The van der Waals surface area contributed by atoms with E-state index in [2.05, 4.69) is 18.8 Å². The quantitative estimate of drug-likeness (QED) is 0.702. The molecule has 0 spiro atoms. The number of rotatable bonds is 3. The fourth-order valence-corrected chi connectivity index (χ4v) is 3.55. The second-order valence-corrected chi connectivity index (χ2v) is 6.45. The van der Waals surface area contributed by atoms with Crippen molar-refractivity contribution >= 4 is 11.4 Å². The zero-order chi connectivity index (χ0) is 16.7. The van der Waals surface area contributed by atoms with Crippen molar-refractivity contribution in [1.29, 1.82) is 0 Å². The second kappa shape index (κ2) is 5.55. The van der Waals surface area contributed by atoms with Crippen LogP contribution in [0.2, 0.25) is 0 Å². The van der Waals surface area contributed by atoms with Crippen LogP contribution in [-0.2, 0) is 6.42 Å². The van der Waals surface area contributed by atoms with Gasteiger partial charge < -0.3 is 4.40 Å². The van der Waals surface area contributed by atoms with E-state index in [1.54, 1.807) is 12.1 Å². The molecule has 3 aromatic rings. The average molecular weight is 321 g/mol. The molecule has 0 atom stereocenters. The number of hydrogen-bond acceptors (Lipinski definition) is 2. The monoisotopic (exact) mass is 321 g/mol. The van der Waals surface area contributed by atoms with Gasteiger partial charge in [0, 0.05) is 36.1 Å². The highest BCUT2D eigenvalue weighted by molar-refractivity contribution is 6.14. The van der Waals surface area contributed by atoms with E-state index in [9.17, 15) is 4.39 Å². The van der Waals surface area contributed by atoms with Crippen LogP contribution in [0.25, 0.3) is 5.65 Å². The van der Waals surface area contributed by atoms with E-state index in [-0.39, 0.29) is 11.4 Å². The van der Waals surface area contributed by atoms with Gasteiger partial charge in [-0.1, -0.05) is 26.0 Å². The molecule has 2 aromatic heterocycles. The van der Waals surface area contributed by atoms with Crippen LogP contribution in [0.3, 0.4) is 0 Å². The van der Waals surface area contributed by atoms with Crippen LogP contribution in [0.1, 0.15) is 43.4 Å². The maximum atomic E-state index is 14.5. The van der Waals surface area contributed by atoms with Gasteiger partial charge in [-0.25, -0.2) is 9.37 Å². The summed E-state index contributed by atoms with van der Waals surface area (Å²) in [6.45, 7) is 4.26. The van der Waals surface area contributed by atoms with E-state index in [4.69, 9.17) is 4.99 Å². The van der Waals surface area contributed by atoms with Gasteiger partial charge in [-0.2, -0.15) is 0 Å². The fraction of sp³-hybridized carbons (Fsp3) is 0.300. The lowest BCUT2D eigenvalue weighted by molar-refractivity contribution is 0.385. The minimum absolute atomic E-state index is 0.138. The Kier molecular flexibility index (Phi) is 3.48. The van der Waals surface area contributed by atoms with Crippen molar-refractivity contribution in [3.63, 3.8) is 0 Å². The van der Waals surface area contributed by atoms with Gasteiger partial charge in [0.15, 0.2) is 0 Å². The first-order valence-electron chi connectivity index (χ1n) is 8.46. The topological polar surface area (TPSA) is 29.7 Å². The van der Waals surface area contributed by atoms with Gasteiger partial charge in [0.2, 0.25) is 0 Å². The predicted molar refractivity (Wildman–Crippen MR) is 94.2 cm³/mol. The van der Waals surface area contributed by atoms with E-state index in [0.717, 1.165) is 40.9 Å². The second-order valence-electron chi connectivity index (χ2n) is 6.45.